The number of carboxylic acids is 2. The summed E-state index contributed by atoms with van der Waals surface area (Å²) >= 11 is 8.35. The Morgan fingerprint density at radius 2 is 1.75 bits per heavy atom. The SMILES string of the molecule is O=C(O)C[C@H](NC(=O)c1ccc(CCS(=O)(=O)c2ccc(O)c(C(=O)O)c2)s1)C(=O)CSCc1ccccc1Cl. The second-order valence-corrected chi connectivity index (χ2v) is 13.2. The maximum atomic E-state index is 12.8. The van der Waals surface area contributed by atoms with Crippen LogP contribution in [-0.4, -0.2) is 64.9 Å². The molecule has 0 aliphatic heterocycles. The van der Waals surface area contributed by atoms with Crippen molar-refractivity contribution in [2.45, 2.75) is 29.5 Å². The summed E-state index contributed by atoms with van der Waals surface area (Å²) in [4.78, 5) is 48.4. The average molecular weight is 626 g/mol. The van der Waals surface area contributed by atoms with E-state index in [0.717, 1.165) is 35.1 Å². The molecule has 1 amide bonds. The number of benzene rings is 2. The van der Waals surface area contributed by atoms with Crippen LogP contribution >= 0.6 is 34.7 Å². The molecule has 1 atom stereocenters. The van der Waals surface area contributed by atoms with Gasteiger partial charge in [0.25, 0.3) is 5.91 Å². The molecular formula is C26H24ClNO9S3. The summed E-state index contributed by atoms with van der Waals surface area (Å²) in [6.07, 6.45) is -0.585. The Morgan fingerprint density at radius 3 is 2.42 bits per heavy atom. The van der Waals surface area contributed by atoms with Crippen LogP contribution in [0.1, 0.15) is 36.9 Å². The van der Waals surface area contributed by atoms with Crippen molar-refractivity contribution in [3.63, 3.8) is 0 Å². The number of rotatable bonds is 14. The summed E-state index contributed by atoms with van der Waals surface area (Å²) < 4.78 is 25.4. The Kier molecular flexibility index (Phi) is 10.7. The second-order valence-electron chi connectivity index (χ2n) is 8.49. The predicted octanol–water partition coefficient (Wildman–Crippen LogP) is 3.90. The first-order chi connectivity index (χ1) is 18.9. The number of halogens is 1. The zero-order valence-corrected chi connectivity index (χ0v) is 23.9. The molecule has 0 radical (unpaired) electrons. The van der Waals surface area contributed by atoms with Crippen LogP contribution in [-0.2, 0) is 31.6 Å². The highest BCUT2D eigenvalue weighted by Crippen LogP contribution is 2.25. The molecule has 212 valence electrons. The van der Waals surface area contributed by atoms with Gasteiger partial charge in [-0.25, -0.2) is 13.2 Å². The maximum absolute atomic E-state index is 12.8. The molecule has 0 aliphatic rings. The van der Waals surface area contributed by atoms with Crippen LogP contribution < -0.4 is 5.32 Å². The van der Waals surface area contributed by atoms with Gasteiger partial charge >= 0.3 is 11.9 Å². The number of hydrogen-bond donors (Lipinski definition) is 4. The molecule has 1 heterocycles. The summed E-state index contributed by atoms with van der Waals surface area (Å²) in [6, 6.07) is 11.8. The number of aryl methyl sites for hydroxylation is 1. The van der Waals surface area contributed by atoms with Gasteiger partial charge in [0.15, 0.2) is 15.6 Å². The third-order valence-corrected chi connectivity index (χ3v) is 9.82. The molecule has 10 nitrogen and oxygen atoms in total. The monoisotopic (exact) mass is 625 g/mol. The lowest BCUT2D eigenvalue weighted by atomic mass is 10.1. The Hall–Kier alpha value is -3.39. The van der Waals surface area contributed by atoms with Crippen molar-refractivity contribution in [1.82, 2.24) is 5.32 Å². The smallest absolute Gasteiger partial charge is 0.339 e. The Bertz CT molecular complexity index is 1540. The Labute approximate surface area is 242 Å². The van der Waals surface area contributed by atoms with E-state index < -0.39 is 57.2 Å². The molecule has 0 fully saturated rings. The van der Waals surface area contributed by atoms with Gasteiger partial charge in [-0.15, -0.1) is 23.1 Å². The number of sulfone groups is 1. The van der Waals surface area contributed by atoms with Gasteiger partial charge in [-0.2, -0.15) is 0 Å². The van der Waals surface area contributed by atoms with E-state index in [4.69, 9.17) is 16.7 Å². The molecule has 3 aromatic rings. The molecule has 0 bridgehead atoms. The number of Topliss-reactive ketones (excluding diaryl/α,β-unsaturated/α-hetero) is 1. The molecule has 2 aromatic carbocycles. The first-order valence-corrected chi connectivity index (χ1v) is 15.6. The summed E-state index contributed by atoms with van der Waals surface area (Å²) in [7, 11) is -3.91. The van der Waals surface area contributed by atoms with E-state index >= 15 is 0 Å². The van der Waals surface area contributed by atoms with Crippen LogP contribution in [0.25, 0.3) is 0 Å². The van der Waals surface area contributed by atoms with Crippen molar-refractivity contribution in [2.24, 2.45) is 0 Å². The fourth-order valence-corrected chi connectivity index (χ4v) is 7.09. The summed E-state index contributed by atoms with van der Waals surface area (Å²) in [6.45, 7) is 0. The lowest BCUT2D eigenvalue weighted by molar-refractivity contribution is -0.139. The largest absolute Gasteiger partial charge is 0.507 e. The number of nitrogens with one attached hydrogen (secondary N) is 1. The summed E-state index contributed by atoms with van der Waals surface area (Å²) in [5.41, 5.74) is 0.283. The molecule has 4 N–H and O–H groups in total. The number of aromatic carboxylic acids is 1. The number of carbonyl (C=O) groups is 4. The molecule has 40 heavy (non-hydrogen) atoms. The molecule has 0 saturated heterocycles. The van der Waals surface area contributed by atoms with E-state index in [1.807, 2.05) is 12.1 Å². The second kappa shape index (κ2) is 13.8. The average Bonchev–Trinajstić information content (AvgIpc) is 3.37. The summed E-state index contributed by atoms with van der Waals surface area (Å²) in [5, 5.41) is 31.0. The first-order valence-electron chi connectivity index (χ1n) is 11.6. The van der Waals surface area contributed by atoms with Gasteiger partial charge in [0.05, 0.1) is 33.7 Å². The van der Waals surface area contributed by atoms with Crippen LogP contribution in [0.15, 0.2) is 59.5 Å². The minimum atomic E-state index is -3.91. The fourth-order valence-electron chi connectivity index (χ4n) is 3.49. The highest BCUT2D eigenvalue weighted by Gasteiger charge is 2.25. The minimum Gasteiger partial charge on any atom is -0.507 e. The molecule has 0 spiro atoms. The number of hydrogen-bond acceptors (Lipinski definition) is 9. The molecule has 0 unspecified atom stereocenters. The highest BCUT2D eigenvalue weighted by atomic mass is 35.5. The van der Waals surface area contributed by atoms with Gasteiger partial charge in [0.1, 0.15) is 11.3 Å². The molecule has 0 saturated carbocycles. The number of ketones is 1. The Morgan fingerprint density at radius 1 is 1.02 bits per heavy atom. The van der Waals surface area contributed by atoms with Crippen molar-refractivity contribution >= 4 is 68.2 Å². The summed E-state index contributed by atoms with van der Waals surface area (Å²) in [5.74, 6) is -4.42. The molecular weight excluding hydrogens is 602 g/mol. The number of carbonyl (C=O) groups excluding carboxylic acids is 2. The normalized spacial score (nSPS) is 12.0. The number of phenols is 1. The van der Waals surface area contributed by atoms with Crippen molar-refractivity contribution in [3.05, 3.63) is 80.5 Å². The van der Waals surface area contributed by atoms with Gasteiger partial charge in [-0.05, 0) is 48.4 Å². The van der Waals surface area contributed by atoms with E-state index in [0.29, 0.717) is 15.7 Å². The number of thioether (sulfide) groups is 1. The third-order valence-electron chi connectivity index (χ3n) is 5.59. The number of amides is 1. The molecule has 14 heteroatoms. The standard InChI is InChI=1S/C26H24ClNO9S3/c27-19-4-2-1-3-15(19)13-38-14-22(30)20(12-24(31)32)28-25(33)23-8-5-16(39-23)9-10-40(36,37)17-6-7-21(29)18(11-17)26(34)35/h1-8,11,20,29H,9-10,12-14H2,(H,28,33)(H,31,32)(H,34,35)/t20-/m0/s1. The van der Waals surface area contributed by atoms with Crippen molar-refractivity contribution in [1.29, 1.82) is 0 Å². The first kappa shape index (κ1) is 31.1. The maximum Gasteiger partial charge on any atom is 0.339 e. The predicted molar refractivity (Wildman–Crippen MR) is 151 cm³/mol. The van der Waals surface area contributed by atoms with Crippen LogP contribution in [0.5, 0.6) is 5.75 Å². The van der Waals surface area contributed by atoms with Gasteiger partial charge in [-0.1, -0.05) is 29.8 Å². The zero-order chi connectivity index (χ0) is 29.4. The number of aliphatic carboxylic acids is 1. The third kappa shape index (κ3) is 8.55. The quantitative estimate of drug-likeness (QED) is 0.206. The number of aromatic hydroxyl groups is 1. The van der Waals surface area contributed by atoms with E-state index in [1.54, 1.807) is 18.2 Å². The van der Waals surface area contributed by atoms with Gasteiger partial charge < -0.3 is 20.6 Å². The van der Waals surface area contributed by atoms with E-state index in [9.17, 15) is 37.8 Å². The van der Waals surface area contributed by atoms with Crippen molar-refractivity contribution in [2.75, 3.05) is 11.5 Å². The molecule has 0 aliphatic carbocycles. The van der Waals surface area contributed by atoms with Crippen LogP contribution in [0.2, 0.25) is 5.02 Å². The van der Waals surface area contributed by atoms with Crippen molar-refractivity contribution in [3.8, 4) is 5.75 Å². The van der Waals surface area contributed by atoms with Crippen LogP contribution in [0.4, 0.5) is 0 Å². The van der Waals surface area contributed by atoms with Crippen molar-refractivity contribution < 1.29 is 42.9 Å². The van der Waals surface area contributed by atoms with Crippen LogP contribution in [0.3, 0.4) is 0 Å². The van der Waals surface area contributed by atoms with E-state index in [2.05, 4.69) is 5.32 Å². The highest BCUT2D eigenvalue weighted by molar-refractivity contribution is 7.99. The van der Waals surface area contributed by atoms with Gasteiger partial charge in [0, 0.05) is 15.7 Å². The molecule has 1 aromatic heterocycles. The van der Waals surface area contributed by atoms with Gasteiger partial charge in [-0.3, -0.25) is 14.4 Å². The number of thiophene rings is 1. The van der Waals surface area contributed by atoms with E-state index in [1.165, 1.54) is 17.8 Å². The number of carboxylic acid groups (broad SMARTS) is 2. The molecule has 3 rings (SSSR count). The fraction of sp³-hybridized carbons (Fsp3) is 0.231. The Balaban J connectivity index is 1.61. The van der Waals surface area contributed by atoms with E-state index in [-0.39, 0.29) is 27.7 Å². The topological polar surface area (TPSA) is 175 Å². The van der Waals surface area contributed by atoms with Crippen LogP contribution in [0, 0.1) is 0 Å². The van der Waals surface area contributed by atoms with Gasteiger partial charge in [0.2, 0.25) is 0 Å². The minimum absolute atomic E-state index is 0.0136. The lowest BCUT2D eigenvalue weighted by Gasteiger charge is -2.15. The lowest BCUT2D eigenvalue weighted by Crippen LogP contribution is -2.43. The zero-order valence-electron chi connectivity index (χ0n) is 20.7.